The van der Waals surface area contributed by atoms with E-state index in [1.165, 1.54) is 0 Å². The van der Waals surface area contributed by atoms with Crippen molar-refractivity contribution in [3.63, 3.8) is 0 Å². The van der Waals surface area contributed by atoms with Crippen molar-refractivity contribution in [2.75, 3.05) is 12.5 Å². The van der Waals surface area contributed by atoms with Gasteiger partial charge < -0.3 is 9.47 Å². The number of carbonyl (C=O) groups excluding carboxylic acids is 2. The lowest BCUT2D eigenvalue weighted by atomic mass is 10.3. The molecular weight excluding hydrogens is 232 g/mol. The van der Waals surface area contributed by atoms with E-state index in [1.807, 2.05) is 6.92 Å². The second-order valence-corrected chi connectivity index (χ2v) is 3.71. The van der Waals surface area contributed by atoms with Crippen molar-refractivity contribution in [2.45, 2.75) is 45.6 Å². The minimum absolute atomic E-state index is 0.0267. The summed E-state index contributed by atoms with van der Waals surface area (Å²) in [4.78, 5) is 22.3. The van der Waals surface area contributed by atoms with E-state index >= 15 is 0 Å². The van der Waals surface area contributed by atoms with E-state index in [9.17, 15) is 9.59 Å². The molecule has 0 aromatic heterocycles. The highest BCUT2D eigenvalue weighted by Crippen LogP contribution is 2.05. The predicted octanol–water partition coefficient (Wildman–Crippen LogP) is 2.28. The average molecular weight is 251 g/mol. The second kappa shape index (κ2) is 9.46. The fraction of sp³-hybridized carbons (Fsp3) is 0.818. The molecule has 94 valence electrons. The van der Waals surface area contributed by atoms with Gasteiger partial charge in [0.05, 0.1) is 18.9 Å². The van der Waals surface area contributed by atoms with Crippen molar-refractivity contribution in [3.8, 4) is 0 Å². The SMILES string of the molecule is CCCCOC(=O)CC(CCl)OC(=O)CC. The first-order chi connectivity index (χ1) is 7.63. The molecule has 0 rings (SSSR count). The molecule has 0 N–H and O–H groups in total. The molecule has 0 saturated heterocycles. The van der Waals surface area contributed by atoms with E-state index in [0.29, 0.717) is 6.61 Å². The average Bonchev–Trinajstić information content (AvgIpc) is 2.28. The van der Waals surface area contributed by atoms with Gasteiger partial charge in [-0.1, -0.05) is 20.3 Å². The molecule has 1 atom stereocenters. The number of hydrogen-bond acceptors (Lipinski definition) is 4. The van der Waals surface area contributed by atoms with Crippen LogP contribution in [0.2, 0.25) is 0 Å². The molecule has 5 heteroatoms. The topological polar surface area (TPSA) is 52.6 Å². The Morgan fingerprint density at radius 1 is 1.25 bits per heavy atom. The molecule has 1 unspecified atom stereocenters. The second-order valence-electron chi connectivity index (χ2n) is 3.40. The maximum Gasteiger partial charge on any atom is 0.309 e. The number of carbonyl (C=O) groups is 2. The van der Waals surface area contributed by atoms with Crippen LogP contribution in [-0.4, -0.2) is 30.5 Å². The summed E-state index contributed by atoms with van der Waals surface area (Å²) in [5.41, 5.74) is 0. The molecule has 0 heterocycles. The Bertz CT molecular complexity index is 218. The number of ether oxygens (including phenoxy) is 2. The highest BCUT2D eigenvalue weighted by Gasteiger charge is 2.17. The number of hydrogen-bond donors (Lipinski definition) is 0. The van der Waals surface area contributed by atoms with Gasteiger partial charge in [0.15, 0.2) is 0 Å². The monoisotopic (exact) mass is 250 g/mol. The van der Waals surface area contributed by atoms with Gasteiger partial charge in [0, 0.05) is 6.42 Å². The molecule has 16 heavy (non-hydrogen) atoms. The fourth-order valence-electron chi connectivity index (χ4n) is 0.972. The largest absolute Gasteiger partial charge is 0.466 e. The zero-order valence-corrected chi connectivity index (χ0v) is 10.6. The molecule has 0 aliphatic heterocycles. The zero-order chi connectivity index (χ0) is 12.4. The van der Waals surface area contributed by atoms with Gasteiger partial charge in [-0.2, -0.15) is 0 Å². The number of rotatable bonds is 8. The number of alkyl halides is 1. The number of unbranched alkanes of at least 4 members (excludes halogenated alkanes) is 1. The van der Waals surface area contributed by atoms with E-state index in [4.69, 9.17) is 21.1 Å². The highest BCUT2D eigenvalue weighted by atomic mass is 35.5. The van der Waals surface area contributed by atoms with Gasteiger partial charge in [-0.25, -0.2) is 0 Å². The molecule has 0 aliphatic rings. The van der Waals surface area contributed by atoms with E-state index in [1.54, 1.807) is 6.92 Å². The fourth-order valence-corrected chi connectivity index (χ4v) is 1.14. The van der Waals surface area contributed by atoms with Crippen molar-refractivity contribution in [1.82, 2.24) is 0 Å². The van der Waals surface area contributed by atoms with Gasteiger partial charge in [-0.3, -0.25) is 9.59 Å². The van der Waals surface area contributed by atoms with Gasteiger partial charge in [0.25, 0.3) is 0 Å². The molecule has 0 spiro atoms. The van der Waals surface area contributed by atoms with Crippen LogP contribution in [0.4, 0.5) is 0 Å². The van der Waals surface area contributed by atoms with Crippen LogP contribution in [0, 0.1) is 0 Å². The maximum absolute atomic E-state index is 11.3. The third kappa shape index (κ3) is 7.51. The van der Waals surface area contributed by atoms with Crippen molar-refractivity contribution < 1.29 is 19.1 Å². The summed E-state index contributed by atoms with van der Waals surface area (Å²) in [6, 6.07) is 0. The molecule has 4 nitrogen and oxygen atoms in total. The lowest BCUT2D eigenvalue weighted by Crippen LogP contribution is -2.24. The van der Waals surface area contributed by atoms with Crippen molar-refractivity contribution >= 4 is 23.5 Å². The van der Waals surface area contributed by atoms with Crippen LogP contribution in [0.5, 0.6) is 0 Å². The summed E-state index contributed by atoms with van der Waals surface area (Å²) in [6.45, 7) is 4.11. The zero-order valence-electron chi connectivity index (χ0n) is 9.83. The van der Waals surface area contributed by atoms with Gasteiger partial charge in [-0.15, -0.1) is 11.6 Å². The van der Waals surface area contributed by atoms with Crippen LogP contribution in [-0.2, 0) is 19.1 Å². The highest BCUT2D eigenvalue weighted by molar-refractivity contribution is 6.18. The Balaban J connectivity index is 3.83. The first kappa shape index (κ1) is 15.2. The summed E-state index contributed by atoms with van der Waals surface area (Å²) in [6.07, 6.45) is 1.53. The molecule has 0 radical (unpaired) electrons. The maximum atomic E-state index is 11.3. The van der Waals surface area contributed by atoms with Crippen LogP contribution in [0.3, 0.4) is 0 Å². The first-order valence-corrected chi connectivity index (χ1v) is 6.08. The van der Waals surface area contributed by atoms with Crippen LogP contribution in [0.1, 0.15) is 39.5 Å². The van der Waals surface area contributed by atoms with Crippen LogP contribution in [0.25, 0.3) is 0 Å². The number of esters is 2. The summed E-state index contributed by atoms with van der Waals surface area (Å²) in [7, 11) is 0. The van der Waals surface area contributed by atoms with Gasteiger partial charge in [0.2, 0.25) is 0 Å². The molecular formula is C11H19ClO4. The van der Waals surface area contributed by atoms with Gasteiger partial charge >= 0.3 is 11.9 Å². The summed E-state index contributed by atoms with van der Waals surface area (Å²) >= 11 is 5.59. The van der Waals surface area contributed by atoms with E-state index in [2.05, 4.69) is 0 Å². The smallest absolute Gasteiger partial charge is 0.309 e. The Kier molecular flexibility index (Phi) is 9.00. The summed E-state index contributed by atoms with van der Waals surface area (Å²) in [5.74, 6) is -0.621. The predicted molar refractivity (Wildman–Crippen MR) is 61.4 cm³/mol. The third-order valence-corrected chi connectivity index (χ3v) is 2.26. The van der Waals surface area contributed by atoms with Crippen LogP contribution >= 0.6 is 11.6 Å². The number of halogens is 1. The van der Waals surface area contributed by atoms with E-state index in [-0.39, 0.29) is 30.7 Å². The molecule has 0 saturated carbocycles. The Morgan fingerprint density at radius 3 is 2.44 bits per heavy atom. The van der Waals surface area contributed by atoms with E-state index < -0.39 is 6.10 Å². The van der Waals surface area contributed by atoms with Crippen molar-refractivity contribution in [1.29, 1.82) is 0 Å². The Morgan fingerprint density at radius 2 is 1.94 bits per heavy atom. The van der Waals surface area contributed by atoms with Crippen LogP contribution in [0.15, 0.2) is 0 Å². The van der Waals surface area contributed by atoms with Gasteiger partial charge in [-0.05, 0) is 6.42 Å². The van der Waals surface area contributed by atoms with E-state index in [0.717, 1.165) is 12.8 Å². The first-order valence-electron chi connectivity index (χ1n) is 5.55. The quantitative estimate of drug-likeness (QED) is 0.377. The summed E-state index contributed by atoms with van der Waals surface area (Å²) in [5, 5.41) is 0. The lowest BCUT2D eigenvalue weighted by molar-refractivity contribution is -0.153. The van der Waals surface area contributed by atoms with Crippen LogP contribution < -0.4 is 0 Å². The Labute approximate surface area is 101 Å². The Hall–Kier alpha value is -0.770. The third-order valence-electron chi connectivity index (χ3n) is 1.91. The molecule has 0 amide bonds. The normalized spacial score (nSPS) is 11.9. The molecule has 0 fully saturated rings. The molecule has 0 bridgehead atoms. The standard InChI is InChI=1S/C11H19ClO4/c1-3-5-6-15-11(14)7-9(8-12)16-10(13)4-2/h9H,3-8H2,1-2H3. The lowest BCUT2D eigenvalue weighted by Gasteiger charge is -2.14. The van der Waals surface area contributed by atoms with Gasteiger partial charge in [0.1, 0.15) is 6.10 Å². The summed E-state index contributed by atoms with van der Waals surface area (Å²) < 4.78 is 9.90. The molecule has 0 aromatic rings. The molecule has 0 aliphatic carbocycles. The molecule has 0 aromatic carbocycles. The van der Waals surface area contributed by atoms with Crippen molar-refractivity contribution in [2.24, 2.45) is 0 Å². The minimum Gasteiger partial charge on any atom is -0.466 e. The van der Waals surface area contributed by atoms with Crippen molar-refractivity contribution in [3.05, 3.63) is 0 Å². The minimum atomic E-state index is -0.580.